The van der Waals surface area contributed by atoms with Crippen molar-refractivity contribution in [2.45, 2.75) is 13.8 Å². The first kappa shape index (κ1) is 11.8. The van der Waals surface area contributed by atoms with Gasteiger partial charge in [-0.3, -0.25) is 0 Å². The fraction of sp³-hybridized carbons (Fsp3) is 0.800. The van der Waals surface area contributed by atoms with Gasteiger partial charge in [0, 0.05) is 0 Å². The predicted octanol–water partition coefficient (Wildman–Crippen LogP) is 1.84. The minimum atomic E-state index is -0.269. The van der Waals surface area contributed by atoms with Crippen LogP contribution in [-0.2, 0) is 4.74 Å². The van der Waals surface area contributed by atoms with E-state index < -0.39 is 0 Å². The zero-order valence-electron chi connectivity index (χ0n) is 6.40. The molecular weight excluding hydrogens is 298 g/mol. The molecule has 0 heterocycles. The molecule has 6 heteroatoms. The standard InChI is InChI=1S/C5H10NO2S2Te/c1-3-8-5(7)6(10-11)9-4-2/h3-4H2,1-2H3. The van der Waals surface area contributed by atoms with Gasteiger partial charge in [0.15, 0.2) is 0 Å². The van der Waals surface area contributed by atoms with Crippen molar-refractivity contribution >= 4 is 48.1 Å². The number of hydrogen-bond donors (Lipinski definition) is 0. The summed E-state index contributed by atoms with van der Waals surface area (Å²) in [7, 11) is 1.37. The Balaban J connectivity index is 3.71. The topological polar surface area (TPSA) is 29.5 Å². The van der Waals surface area contributed by atoms with Crippen molar-refractivity contribution in [2.24, 2.45) is 0 Å². The molecule has 0 aliphatic rings. The molecule has 0 saturated carbocycles. The first-order chi connectivity index (χ1) is 5.26. The molecule has 0 spiro atoms. The second-order valence-corrected chi connectivity index (χ2v) is 4.67. The van der Waals surface area contributed by atoms with Gasteiger partial charge in [0.05, 0.1) is 0 Å². The third-order valence-corrected chi connectivity index (χ3v) is 4.36. The van der Waals surface area contributed by atoms with Crippen LogP contribution in [0.1, 0.15) is 13.8 Å². The number of amides is 1. The van der Waals surface area contributed by atoms with E-state index in [9.17, 15) is 4.79 Å². The quantitative estimate of drug-likeness (QED) is 0.585. The molecule has 0 rings (SSSR count). The second-order valence-electron chi connectivity index (χ2n) is 1.45. The summed E-state index contributed by atoms with van der Waals surface area (Å²) in [5.74, 6) is 0.876. The molecule has 0 unspecified atom stereocenters. The van der Waals surface area contributed by atoms with Crippen molar-refractivity contribution in [1.29, 1.82) is 0 Å². The van der Waals surface area contributed by atoms with E-state index in [4.69, 9.17) is 4.74 Å². The molecule has 0 aromatic heterocycles. The van der Waals surface area contributed by atoms with Gasteiger partial charge in [0.25, 0.3) is 0 Å². The molecule has 1 radical (unpaired) electrons. The Morgan fingerprint density at radius 3 is 2.64 bits per heavy atom. The first-order valence-electron chi connectivity index (χ1n) is 3.16. The summed E-state index contributed by atoms with van der Waals surface area (Å²) in [4.78, 5) is 11.0. The Labute approximate surface area is 87.2 Å². The predicted molar refractivity (Wildman–Crippen MR) is 50.3 cm³/mol. The minimum absolute atomic E-state index is 0.269. The molecule has 65 valence electrons. The van der Waals surface area contributed by atoms with Gasteiger partial charge in [-0.1, -0.05) is 0 Å². The summed E-state index contributed by atoms with van der Waals surface area (Å²) >= 11 is 3.23. The van der Waals surface area contributed by atoms with Gasteiger partial charge in [-0.15, -0.1) is 0 Å². The normalized spacial score (nSPS) is 9.36. The summed E-state index contributed by atoms with van der Waals surface area (Å²) in [6.45, 7) is 4.23. The van der Waals surface area contributed by atoms with Crippen molar-refractivity contribution in [2.75, 3.05) is 12.4 Å². The average Bonchev–Trinajstić information content (AvgIpc) is 2.00. The Bertz CT molecular complexity index is 125. The van der Waals surface area contributed by atoms with Crippen LogP contribution in [0.2, 0.25) is 0 Å². The Morgan fingerprint density at radius 2 is 2.27 bits per heavy atom. The number of carbonyl (C=O) groups excluding carboxylic acids is 1. The number of rotatable bonds is 4. The monoisotopic (exact) mass is 310 g/mol. The molecule has 0 fully saturated rings. The molecule has 0 aromatic carbocycles. The molecule has 0 saturated heterocycles. The van der Waals surface area contributed by atoms with Crippen LogP contribution in [0.25, 0.3) is 0 Å². The molecular formula is C5H10NO2S2Te. The van der Waals surface area contributed by atoms with E-state index in [0.717, 1.165) is 5.75 Å². The third kappa shape index (κ3) is 5.07. The molecule has 0 aliphatic carbocycles. The molecule has 0 N–H and O–H groups in total. The maximum atomic E-state index is 11.0. The summed E-state index contributed by atoms with van der Waals surface area (Å²) in [5.41, 5.74) is 0. The SMILES string of the molecule is CCOC(=O)N(S[Te])SCC. The van der Waals surface area contributed by atoms with Gasteiger partial charge >= 0.3 is 87.6 Å². The molecule has 0 aromatic rings. The Kier molecular flexibility index (Phi) is 7.92. The van der Waals surface area contributed by atoms with Gasteiger partial charge < -0.3 is 0 Å². The van der Waals surface area contributed by atoms with Crippen LogP contribution in [-0.4, -0.2) is 43.1 Å². The fourth-order valence-corrected chi connectivity index (χ4v) is 3.02. The van der Waals surface area contributed by atoms with Gasteiger partial charge in [0.1, 0.15) is 0 Å². The summed E-state index contributed by atoms with van der Waals surface area (Å²) in [5, 5.41) is 0. The van der Waals surface area contributed by atoms with E-state index in [1.807, 2.05) is 6.92 Å². The van der Waals surface area contributed by atoms with E-state index in [-0.39, 0.29) is 6.09 Å². The van der Waals surface area contributed by atoms with Gasteiger partial charge in [-0.05, 0) is 0 Å². The number of nitrogens with zero attached hydrogens (tertiary/aromatic N) is 1. The van der Waals surface area contributed by atoms with Gasteiger partial charge in [-0.25, -0.2) is 0 Å². The second kappa shape index (κ2) is 7.41. The van der Waals surface area contributed by atoms with Crippen LogP contribution in [0.15, 0.2) is 0 Å². The number of hydrogen-bond acceptors (Lipinski definition) is 4. The van der Waals surface area contributed by atoms with Gasteiger partial charge in [0.2, 0.25) is 0 Å². The third-order valence-electron chi connectivity index (χ3n) is 0.731. The van der Waals surface area contributed by atoms with Crippen molar-refractivity contribution < 1.29 is 9.53 Å². The average molecular weight is 308 g/mol. The van der Waals surface area contributed by atoms with E-state index in [2.05, 4.69) is 0 Å². The molecule has 0 aliphatic heterocycles. The van der Waals surface area contributed by atoms with Crippen LogP contribution in [0.3, 0.4) is 0 Å². The van der Waals surface area contributed by atoms with E-state index in [1.54, 1.807) is 27.8 Å². The van der Waals surface area contributed by atoms with Crippen LogP contribution < -0.4 is 0 Å². The van der Waals surface area contributed by atoms with Crippen molar-refractivity contribution in [3.63, 3.8) is 0 Å². The number of carbonyl (C=O) groups is 1. The summed E-state index contributed by atoms with van der Waals surface area (Å²) < 4.78 is 6.33. The fourth-order valence-electron chi connectivity index (χ4n) is 0.398. The van der Waals surface area contributed by atoms with Crippen LogP contribution in [0, 0.1) is 0 Å². The van der Waals surface area contributed by atoms with E-state index >= 15 is 0 Å². The molecule has 11 heavy (non-hydrogen) atoms. The first-order valence-corrected chi connectivity index (χ1v) is 7.65. The van der Waals surface area contributed by atoms with E-state index in [0.29, 0.717) is 6.61 Å². The number of ether oxygens (including phenoxy) is 1. The molecule has 0 atom stereocenters. The maximum absolute atomic E-state index is 11.0. The molecule has 1 amide bonds. The Morgan fingerprint density at radius 1 is 1.64 bits per heavy atom. The van der Waals surface area contributed by atoms with Crippen LogP contribution >= 0.6 is 21.1 Å². The zero-order valence-corrected chi connectivity index (χ0v) is 10.4. The molecule has 3 nitrogen and oxygen atoms in total. The summed E-state index contributed by atoms with van der Waals surface area (Å²) in [6.07, 6.45) is -0.269. The van der Waals surface area contributed by atoms with Crippen molar-refractivity contribution in [3.8, 4) is 0 Å². The van der Waals surface area contributed by atoms with Crippen molar-refractivity contribution in [3.05, 3.63) is 0 Å². The van der Waals surface area contributed by atoms with E-state index in [1.165, 1.54) is 24.8 Å². The van der Waals surface area contributed by atoms with Crippen molar-refractivity contribution in [1.82, 2.24) is 3.71 Å². The van der Waals surface area contributed by atoms with Crippen LogP contribution in [0.4, 0.5) is 4.79 Å². The Hall–Kier alpha value is 0.760. The summed E-state index contributed by atoms with van der Waals surface area (Å²) in [6, 6.07) is 0. The zero-order chi connectivity index (χ0) is 8.69. The van der Waals surface area contributed by atoms with Crippen LogP contribution in [0.5, 0.6) is 0 Å². The van der Waals surface area contributed by atoms with Gasteiger partial charge in [-0.2, -0.15) is 0 Å². The molecule has 0 bridgehead atoms.